The molecule has 1 aromatic rings. The predicted octanol–water partition coefficient (Wildman–Crippen LogP) is -0.159. The van der Waals surface area contributed by atoms with E-state index < -0.39 is 42.3 Å². The summed E-state index contributed by atoms with van der Waals surface area (Å²) in [5.41, 5.74) is -2.27. The van der Waals surface area contributed by atoms with Gasteiger partial charge >= 0.3 is 17.6 Å². The van der Waals surface area contributed by atoms with Gasteiger partial charge in [-0.1, -0.05) is 0 Å². The van der Waals surface area contributed by atoms with Crippen LogP contribution in [0.15, 0.2) is 15.8 Å². The Morgan fingerprint density at radius 1 is 1.53 bits per heavy atom. The minimum atomic E-state index is -4.01. The quantitative estimate of drug-likeness (QED) is 0.788. The summed E-state index contributed by atoms with van der Waals surface area (Å²) in [4.78, 5) is 24.3. The molecule has 1 saturated heterocycles. The first-order chi connectivity index (χ1) is 8.71. The van der Waals surface area contributed by atoms with Gasteiger partial charge in [0, 0.05) is 18.2 Å². The van der Waals surface area contributed by atoms with E-state index in [9.17, 15) is 22.8 Å². The standard InChI is InChI=1S/C10H11F3N2O4/c1-5-3-15(8(18)14-7(5)17)10(13)9(11,12)2-6(4-16)19-10/h3,6,16H,2,4H2,1H3,(H,14,17,18)/t6-,10-/m0/s1. The number of ether oxygens (including phenoxy) is 1. The van der Waals surface area contributed by atoms with Gasteiger partial charge in [-0.15, -0.1) is 0 Å². The van der Waals surface area contributed by atoms with Gasteiger partial charge in [-0.05, 0) is 6.92 Å². The Kier molecular flexibility index (Phi) is 3.06. The van der Waals surface area contributed by atoms with Crippen molar-refractivity contribution in [3.8, 4) is 0 Å². The minimum absolute atomic E-state index is 0.000602. The lowest BCUT2D eigenvalue weighted by molar-refractivity contribution is -0.291. The first-order valence-corrected chi connectivity index (χ1v) is 5.40. The van der Waals surface area contributed by atoms with E-state index in [2.05, 4.69) is 4.74 Å². The van der Waals surface area contributed by atoms with E-state index in [-0.39, 0.29) is 10.1 Å². The third-order valence-corrected chi connectivity index (χ3v) is 2.89. The molecule has 6 nitrogen and oxygen atoms in total. The molecular weight excluding hydrogens is 269 g/mol. The molecule has 19 heavy (non-hydrogen) atoms. The maximum absolute atomic E-state index is 14.4. The van der Waals surface area contributed by atoms with Crippen LogP contribution in [0.4, 0.5) is 13.2 Å². The van der Waals surface area contributed by atoms with Gasteiger partial charge in [-0.2, -0.15) is 13.2 Å². The third-order valence-electron chi connectivity index (χ3n) is 2.89. The van der Waals surface area contributed by atoms with Crippen LogP contribution in [0.3, 0.4) is 0 Å². The number of rotatable bonds is 2. The second kappa shape index (κ2) is 4.20. The lowest BCUT2D eigenvalue weighted by atomic mass is 10.1. The molecule has 1 aliphatic heterocycles. The van der Waals surface area contributed by atoms with Crippen molar-refractivity contribution in [3.05, 3.63) is 32.6 Å². The molecule has 0 aliphatic carbocycles. The van der Waals surface area contributed by atoms with Crippen LogP contribution >= 0.6 is 0 Å². The highest BCUT2D eigenvalue weighted by molar-refractivity contribution is 5.04. The lowest BCUT2D eigenvalue weighted by Gasteiger charge is -2.27. The number of H-pyrrole nitrogens is 1. The van der Waals surface area contributed by atoms with Gasteiger partial charge in [0.2, 0.25) is 0 Å². The molecule has 1 fully saturated rings. The Balaban J connectivity index is 2.60. The number of alkyl halides is 3. The zero-order valence-electron chi connectivity index (χ0n) is 9.82. The van der Waals surface area contributed by atoms with E-state index >= 15 is 0 Å². The van der Waals surface area contributed by atoms with Crippen molar-refractivity contribution in [2.75, 3.05) is 6.61 Å². The number of hydrogen-bond donors (Lipinski definition) is 2. The number of hydrogen-bond acceptors (Lipinski definition) is 4. The molecule has 1 aromatic heterocycles. The molecule has 106 valence electrons. The number of nitrogens with one attached hydrogen (secondary N) is 1. The number of aromatic amines is 1. The topological polar surface area (TPSA) is 84.3 Å². The molecule has 0 saturated carbocycles. The molecule has 2 rings (SSSR count). The number of aliphatic hydroxyl groups is 1. The molecule has 0 amide bonds. The van der Waals surface area contributed by atoms with Crippen LogP contribution in [-0.2, 0) is 10.7 Å². The first kappa shape index (κ1) is 13.8. The average Bonchev–Trinajstić information content (AvgIpc) is 2.55. The minimum Gasteiger partial charge on any atom is -0.394 e. The number of halogens is 3. The highest BCUT2D eigenvalue weighted by Gasteiger charge is 2.65. The Morgan fingerprint density at radius 3 is 2.68 bits per heavy atom. The van der Waals surface area contributed by atoms with Crippen LogP contribution in [0.25, 0.3) is 0 Å². The fourth-order valence-electron chi connectivity index (χ4n) is 1.88. The fourth-order valence-corrected chi connectivity index (χ4v) is 1.88. The summed E-state index contributed by atoms with van der Waals surface area (Å²) in [6.45, 7) is 0.424. The van der Waals surface area contributed by atoms with Gasteiger partial charge < -0.3 is 9.84 Å². The largest absolute Gasteiger partial charge is 0.394 e. The van der Waals surface area contributed by atoms with E-state index in [4.69, 9.17) is 5.11 Å². The predicted molar refractivity (Wildman–Crippen MR) is 56.7 cm³/mol. The van der Waals surface area contributed by atoms with Crippen molar-refractivity contribution in [2.24, 2.45) is 0 Å². The summed E-state index contributed by atoms with van der Waals surface area (Å²) in [6, 6.07) is 0. The SMILES string of the molecule is Cc1cn([C@]2(F)O[C@H](CO)CC2(F)F)c(=O)[nH]c1=O. The zero-order valence-corrected chi connectivity index (χ0v) is 9.82. The molecule has 2 N–H and O–H groups in total. The van der Waals surface area contributed by atoms with Gasteiger partial charge in [0.1, 0.15) is 0 Å². The molecule has 2 atom stereocenters. The monoisotopic (exact) mass is 280 g/mol. The maximum atomic E-state index is 14.4. The Bertz CT molecular complexity index is 612. The Hall–Kier alpha value is -1.61. The van der Waals surface area contributed by atoms with Crippen LogP contribution in [0.1, 0.15) is 12.0 Å². The molecule has 0 spiro atoms. The summed E-state index contributed by atoms with van der Waals surface area (Å²) in [6.07, 6.45) is -1.83. The van der Waals surface area contributed by atoms with E-state index in [1.807, 2.05) is 0 Å². The second-order valence-electron chi connectivity index (χ2n) is 4.33. The first-order valence-electron chi connectivity index (χ1n) is 5.40. The molecule has 2 heterocycles. The van der Waals surface area contributed by atoms with Crippen molar-refractivity contribution in [3.63, 3.8) is 0 Å². The van der Waals surface area contributed by atoms with Crippen LogP contribution in [0.2, 0.25) is 0 Å². The van der Waals surface area contributed by atoms with Gasteiger partial charge in [0.15, 0.2) is 0 Å². The maximum Gasteiger partial charge on any atom is 0.362 e. The van der Waals surface area contributed by atoms with Crippen molar-refractivity contribution in [1.82, 2.24) is 9.55 Å². The van der Waals surface area contributed by atoms with Crippen LogP contribution in [0.5, 0.6) is 0 Å². The Labute approximate surface area is 104 Å². The highest BCUT2D eigenvalue weighted by atomic mass is 19.3. The van der Waals surface area contributed by atoms with Crippen LogP contribution in [0, 0.1) is 6.92 Å². The number of aromatic nitrogens is 2. The summed E-state index contributed by atoms with van der Waals surface area (Å²) < 4.78 is 46.2. The zero-order chi connectivity index (χ0) is 14.4. The van der Waals surface area contributed by atoms with Crippen molar-refractivity contribution in [1.29, 1.82) is 0 Å². The molecule has 9 heteroatoms. The van der Waals surface area contributed by atoms with E-state index in [0.717, 1.165) is 0 Å². The molecule has 0 unspecified atom stereocenters. The molecule has 0 aromatic carbocycles. The lowest BCUT2D eigenvalue weighted by Crippen LogP contribution is -2.50. The van der Waals surface area contributed by atoms with Crippen molar-refractivity contribution >= 4 is 0 Å². The normalized spacial score (nSPS) is 29.6. The third kappa shape index (κ3) is 1.98. The summed E-state index contributed by atoms with van der Waals surface area (Å²) >= 11 is 0. The summed E-state index contributed by atoms with van der Waals surface area (Å²) in [5, 5.41) is 8.78. The molecule has 0 radical (unpaired) electrons. The number of aliphatic hydroxyl groups excluding tert-OH is 1. The molecular formula is C10H11F3N2O4. The highest BCUT2D eigenvalue weighted by Crippen LogP contribution is 2.47. The summed E-state index contributed by atoms with van der Waals surface area (Å²) in [5.74, 6) is -7.73. The van der Waals surface area contributed by atoms with Crippen LogP contribution < -0.4 is 11.2 Å². The van der Waals surface area contributed by atoms with E-state index in [1.165, 1.54) is 6.92 Å². The van der Waals surface area contributed by atoms with Crippen molar-refractivity contribution in [2.45, 2.75) is 31.3 Å². The summed E-state index contributed by atoms with van der Waals surface area (Å²) in [7, 11) is 0. The van der Waals surface area contributed by atoms with Crippen molar-refractivity contribution < 1.29 is 23.0 Å². The second-order valence-corrected chi connectivity index (χ2v) is 4.33. The fraction of sp³-hybridized carbons (Fsp3) is 0.600. The smallest absolute Gasteiger partial charge is 0.362 e. The molecule has 1 aliphatic rings. The Morgan fingerprint density at radius 2 is 2.16 bits per heavy atom. The van der Waals surface area contributed by atoms with Crippen LogP contribution in [-0.4, -0.2) is 33.3 Å². The van der Waals surface area contributed by atoms with Gasteiger partial charge in [0.25, 0.3) is 5.56 Å². The van der Waals surface area contributed by atoms with Gasteiger partial charge in [-0.3, -0.25) is 9.78 Å². The van der Waals surface area contributed by atoms with Gasteiger partial charge in [0.05, 0.1) is 12.7 Å². The van der Waals surface area contributed by atoms with Gasteiger partial charge in [-0.25, -0.2) is 9.36 Å². The average molecular weight is 280 g/mol. The van der Waals surface area contributed by atoms with E-state index in [0.29, 0.717) is 6.20 Å². The number of aryl methyl sites for hydroxylation is 1. The number of nitrogens with zero attached hydrogens (tertiary/aromatic N) is 1. The van der Waals surface area contributed by atoms with E-state index in [1.54, 1.807) is 4.98 Å². The molecule has 0 bridgehead atoms.